The average molecular weight is 585 g/mol. The minimum atomic E-state index is -6.81. The summed E-state index contributed by atoms with van der Waals surface area (Å²) in [6.45, 7) is -0.190. The second kappa shape index (κ2) is 11.6. The van der Waals surface area contributed by atoms with Gasteiger partial charge >= 0.3 is 24.1 Å². The van der Waals surface area contributed by atoms with Crippen molar-refractivity contribution in [2.45, 2.75) is 37.3 Å². The highest BCUT2D eigenvalue weighted by Gasteiger charge is 2.85. The third-order valence-electron chi connectivity index (χ3n) is 5.56. The molecule has 0 radical (unpaired) electrons. The van der Waals surface area contributed by atoms with Crippen LogP contribution in [0.2, 0.25) is 0 Å². The van der Waals surface area contributed by atoms with Gasteiger partial charge in [0.15, 0.2) is 5.58 Å². The number of hydrogen-bond acceptors (Lipinski definition) is 6. The highest BCUT2D eigenvalue weighted by Crippen LogP contribution is 2.55. The summed E-state index contributed by atoms with van der Waals surface area (Å²) in [5.41, 5.74) is -3.62. The summed E-state index contributed by atoms with van der Waals surface area (Å²) in [5, 5.41) is 2.01. The zero-order chi connectivity index (χ0) is 29.9. The second-order valence-corrected chi connectivity index (χ2v) is 8.74. The smallest absolute Gasteiger partial charge is 0.435 e. The lowest BCUT2D eigenvalue weighted by molar-refractivity contribution is -0.465. The summed E-state index contributed by atoms with van der Waals surface area (Å²) in [6.07, 6.45) is -19.3. The molecule has 0 aliphatic heterocycles. The lowest BCUT2D eigenvalue weighted by Crippen LogP contribution is -2.69. The molecule has 1 unspecified atom stereocenters. The van der Waals surface area contributed by atoms with Crippen molar-refractivity contribution < 1.29 is 53.4 Å². The number of aromatic nitrogens is 1. The average Bonchev–Trinajstić information content (AvgIpc) is 3.24. The molecular formula is C25H24F9N3O3. The van der Waals surface area contributed by atoms with E-state index < -0.39 is 36.9 Å². The van der Waals surface area contributed by atoms with Crippen LogP contribution in [0.1, 0.15) is 18.4 Å². The lowest BCUT2D eigenvalue weighted by Gasteiger charge is -2.39. The minimum absolute atomic E-state index is 0.212. The molecule has 1 heterocycles. The highest BCUT2D eigenvalue weighted by atomic mass is 19.4. The van der Waals surface area contributed by atoms with Crippen LogP contribution in [0.25, 0.3) is 23.3 Å². The van der Waals surface area contributed by atoms with Crippen LogP contribution >= 0.6 is 0 Å². The van der Waals surface area contributed by atoms with E-state index in [0.29, 0.717) is 23.9 Å². The number of ether oxygens (including phenoxy) is 2. The molecule has 6 nitrogen and oxygen atoms in total. The van der Waals surface area contributed by atoms with Gasteiger partial charge in [-0.1, -0.05) is 12.1 Å². The molecule has 3 aromatic rings. The molecule has 1 aromatic heterocycles. The van der Waals surface area contributed by atoms with Gasteiger partial charge in [-0.15, -0.1) is 0 Å². The van der Waals surface area contributed by atoms with E-state index in [1.165, 1.54) is 12.1 Å². The topological polar surface area (TPSA) is 59.8 Å². The van der Waals surface area contributed by atoms with E-state index in [1.54, 1.807) is 18.2 Å². The predicted molar refractivity (Wildman–Crippen MR) is 129 cm³/mol. The fourth-order valence-corrected chi connectivity index (χ4v) is 3.56. The molecule has 220 valence electrons. The normalized spacial score (nSPS) is 14.2. The summed E-state index contributed by atoms with van der Waals surface area (Å²) in [4.78, 5) is 6.26. The van der Waals surface area contributed by atoms with Crippen LogP contribution in [0.5, 0.6) is 5.75 Å². The summed E-state index contributed by atoms with van der Waals surface area (Å²) < 4.78 is 132. The highest BCUT2D eigenvalue weighted by molar-refractivity contribution is 5.77. The van der Waals surface area contributed by atoms with Gasteiger partial charge in [-0.2, -0.15) is 39.5 Å². The van der Waals surface area contributed by atoms with Crippen molar-refractivity contribution in [2.75, 3.05) is 32.1 Å². The Hall–Kier alpha value is -3.46. The fraction of sp³-hybridized carbons (Fsp3) is 0.400. The summed E-state index contributed by atoms with van der Waals surface area (Å²) >= 11 is 0. The molecule has 0 amide bonds. The van der Waals surface area contributed by atoms with Crippen LogP contribution in [0.4, 0.5) is 45.2 Å². The Morgan fingerprint density at radius 3 is 2.05 bits per heavy atom. The zero-order valence-electron chi connectivity index (χ0n) is 21.2. The predicted octanol–water partition coefficient (Wildman–Crippen LogP) is 6.82. The monoisotopic (exact) mass is 585 g/mol. The molecule has 0 fully saturated rings. The van der Waals surface area contributed by atoms with Gasteiger partial charge in [-0.3, -0.25) is 5.32 Å². The van der Waals surface area contributed by atoms with Gasteiger partial charge in [-0.05, 0) is 42.8 Å². The SMILES string of the molecule is CC(NCCOc1ccc2nc(/C=C/c3ccc(N(C)C)cc3)oc2c1)OC(C(F)(F)F)(C(F)(F)F)C(F)(F)F. The van der Waals surface area contributed by atoms with Crippen LogP contribution in [0, 0.1) is 0 Å². The van der Waals surface area contributed by atoms with Crippen molar-refractivity contribution in [2.24, 2.45) is 0 Å². The van der Waals surface area contributed by atoms with Crippen LogP contribution < -0.4 is 15.0 Å². The van der Waals surface area contributed by atoms with Crippen LogP contribution in [0.15, 0.2) is 46.9 Å². The molecule has 0 saturated heterocycles. The maximum atomic E-state index is 13.0. The minimum Gasteiger partial charge on any atom is -0.492 e. The van der Waals surface area contributed by atoms with E-state index >= 15 is 0 Å². The Morgan fingerprint density at radius 1 is 0.900 bits per heavy atom. The van der Waals surface area contributed by atoms with Crippen molar-refractivity contribution >= 4 is 28.9 Å². The van der Waals surface area contributed by atoms with Crippen LogP contribution in [-0.4, -0.2) is 62.6 Å². The summed E-state index contributed by atoms with van der Waals surface area (Å²) in [6, 6.07) is 12.2. The van der Waals surface area contributed by atoms with Crippen molar-refractivity contribution in [1.29, 1.82) is 0 Å². The second-order valence-electron chi connectivity index (χ2n) is 8.74. The van der Waals surface area contributed by atoms with E-state index in [4.69, 9.17) is 9.15 Å². The number of anilines is 1. The van der Waals surface area contributed by atoms with Crippen molar-refractivity contribution in [1.82, 2.24) is 10.3 Å². The van der Waals surface area contributed by atoms with Gasteiger partial charge in [0.05, 0.1) is 0 Å². The number of oxazole rings is 1. The fourth-order valence-electron chi connectivity index (χ4n) is 3.56. The number of alkyl halides is 9. The molecule has 40 heavy (non-hydrogen) atoms. The van der Waals surface area contributed by atoms with E-state index in [0.717, 1.165) is 11.3 Å². The molecule has 0 aliphatic rings. The third-order valence-corrected chi connectivity index (χ3v) is 5.56. The molecule has 1 N–H and O–H groups in total. The Bertz CT molecular complexity index is 1260. The van der Waals surface area contributed by atoms with Gasteiger partial charge in [0, 0.05) is 38.5 Å². The number of fused-ring (bicyclic) bond motifs is 1. The Labute approximate surface area is 222 Å². The van der Waals surface area contributed by atoms with E-state index in [1.807, 2.05) is 48.6 Å². The van der Waals surface area contributed by atoms with Gasteiger partial charge in [0.1, 0.15) is 24.1 Å². The Morgan fingerprint density at radius 2 is 1.50 bits per heavy atom. The zero-order valence-corrected chi connectivity index (χ0v) is 21.2. The molecular weight excluding hydrogens is 561 g/mol. The van der Waals surface area contributed by atoms with E-state index in [2.05, 4.69) is 9.72 Å². The third kappa shape index (κ3) is 6.81. The number of nitrogens with zero attached hydrogens (tertiary/aromatic N) is 2. The Balaban J connectivity index is 1.59. The Kier molecular flexibility index (Phi) is 8.99. The number of rotatable bonds is 10. The molecule has 0 bridgehead atoms. The standard InChI is InChI=1S/C25H24F9N3O3/c1-15(40-22(23(26,27)28,24(29,30)31)25(32,33)34)35-12-13-38-18-9-10-19-20(14-18)39-21(36-19)11-6-16-4-7-17(8-5-16)37(2)3/h4-11,14-15,35H,12-13H2,1-3H3/b11-6+. The number of nitrogens with one attached hydrogen (secondary N) is 1. The van der Waals surface area contributed by atoms with Crippen LogP contribution in [-0.2, 0) is 4.74 Å². The number of halogens is 9. The number of hydrogen-bond donors (Lipinski definition) is 1. The quantitative estimate of drug-likeness (QED) is 0.160. The lowest BCUT2D eigenvalue weighted by atomic mass is 10.0. The first kappa shape index (κ1) is 31.1. The molecule has 15 heteroatoms. The maximum Gasteiger partial charge on any atom is 0.435 e. The van der Waals surface area contributed by atoms with Crippen LogP contribution in [0.3, 0.4) is 0 Å². The van der Waals surface area contributed by atoms with Gasteiger partial charge < -0.3 is 18.8 Å². The van der Waals surface area contributed by atoms with Gasteiger partial charge in [-0.25, -0.2) is 4.98 Å². The summed E-state index contributed by atoms with van der Waals surface area (Å²) in [5.74, 6) is 0.503. The van der Waals surface area contributed by atoms with Gasteiger partial charge in [0.2, 0.25) is 5.89 Å². The molecule has 0 saturated carbocycles. The first-order valence-corrected chi connectivity index (χ1v) is 11.5. The molecule has 2 aromatic carbocycles. The first-order chi connectivity index (χ1) is 18.4. The summed E-state index contributed by atoms with van der Waals surface area (Å²) in [7, 11) is 3.84. The van der Waals surface area contributed by atoms with Crippen molar-refractivity contribution in [3.63, 3.8) is 0 Å². The molecule has 1 atom stereocenters. The van der Waals surface area contributed by atoms with Gasteiger partial charge in [0.25, 0.3) is 0 Å². The molecule has 0 aliphatic carbocycles. The maximum absolute atomic E-state index is 13.0. The van der Waals surface area contributed by atoms with Crippen molar-refractivity contribution in [3.05, 3.63) is 53.9 Å². The first-order valence-electron chi connectivity index (χ1n) is 11.5. The van der Waals surface area contributed by atoms with E-state index in [9.17, 15) is 39.5 Å². The van der Waals surface area contributed by atoms with Crippen molar-refractivity contribution in [3.8, 4) is 5.75 Å². The molecule has 0 spiro atoms. The molecule has 3 rings (SSSR count). The van der Waals surface area contributed by atoms with E-state index in [-0.39, 0.29) is 12.4 Å². The number of benzene rings is 2. The largest absolute Gasteiger partial charge is 0.492 e.